The number of aliphatic hydroxyl groups excluding tert-OH is 1. The van der Waals surface area contributed by atoms with Crippen LogP contribution in [0.2, 0.25) is 0 Å². The zero-order valence-electron chi connectivity index (χ0n) is 11.9. The summed E-state index contributed by atoms with van der Waals surface area (Å²) in [5.74, 6) is 2.37. The Morgan fingerprint density at radius 1 is 1.19 bits per heavy atom. The first-order valence-electron chi connectivity index (χ1n) is 7.58. The van der Waals surface area contributed by atoms with Crippen LogP contribution in [0.5, 0.6) is 0 Å². The summed E-state index contributed by atoms with van der Waals surface area (Å²) in [5, 5.41) is 14.0. The van der Waals surface area contributed by atoms with E-state index in [0.29, 0.717) is 24.3 Å². The fourth-order valence-electron chi connectivity index (χ4n) is 3.67. The van der Waals surface area contributed by atoms with Crippen molar-refractivity contribution < 1.29 is 9.63 Å². The van der Waals surface area contributed by atoms with Crippen LogP contribution in [-0.4, -0.2) is 39.3 Å². The second kappa shape index (κ2) is 5.24. The van der Waals surface area contributed by atoms with Gasteiger partial charge in [-0.3, -0.25) is 4.90 Å². The Labute approximate surface area is 123 Å². The fraction of sp³-hybridized carbons (Fsp3) is 0.500. The number of benzene rings is 1. The predicted octanol–water partition coefficient (Wildman–Crippen LogP) is 1.94. The highest BCUT2D eigenvalue weighted by Gasteiger charge is 2.41. The van der Waals surface area contributed by atoms with Crippen LogP contribution >= 0.6 is 0 Å². The Balaban J connectivity index is 1.44. The Bertz CT molecular complexity index is 613. The number of fused-ring (bicyclic) bond motifs is 1. The molecule has 1 saturated heterocycles. The lowest BCUT2D eigenvalue weighted by atomic mass is 10.00. The van der Waals surface area contributed by atoms with Crippen molar-refractivity contribution in [1.29, 1.82) is 0 Å². The molecule has 0 bridgehead atoms. The summed E-state index contributed by atoms with van der Waals surface area (Å²) in [6.07, 6.45) is 1.98. The molecule has 0 spiro atoms. The van der Waals surface area contributed by atoms with Crippen LogP contribution < -0.4 is 0 Å². The van der Waals surface area contributed by atoms with Gasteiger partial charge in [0.05, 0.1) is 12.6 Å². The SMILES string of the molecule is OC1CCC2CN(Cc3noc(-c4ccccc4)n3)CC12. The van der Waals surface area contributed by atoms with E-state index in [0.717, 1.165) is 37.3 Å². The van der Waals surface area contributed by atoms with Crippen molar-refractivity contribution in [3.8, 4) is 11.5 Å². The van der Waals surface area contributed by atoms with Gasteiger partial charge in [0.25, 0.3) is 5.89 Å². The third-order valence-corrected chi connectivity index (χ3v) is 4.75. The molecule has 2 fully saturated rings. The minimum absolute atomic E-state index is 0.120. The Kier molecular flexibility index (Phi) is 3.24. The monoisotopic (exact) mass is 285 g/mol. The lowest BCUT2D eigenvalue weighted by molar-refractivity contribution is 0.123. The van der Waals surface area contributed by atoms with Gasteiger partial charge < -0.3 is 9.63 Å². The van der Waals surface area contributed by atoms with Crippen LogP contribution in [0, 0.1) is 11.8 Å². The minimum atomic E-state index is -0.120. The molecule has 0 radical (unpaired) electrons. The molecule has 1 aromatic heterocycles. The summed E-state index contributed by atoms with van der Waals surface area (Å²) in [6, 6.07) is 9.82. The van der Waals surface area contributed by atoms with Gasteiger partial charge in [-0.05, 0) is 30.9 Å². The summed E-state index contributed by atoms with van der Waals surface area (Å²) < 4.78 is 5.34. The van der Waals surface area contributed by atoms with Gasteiger partial charge in [-0.15, -0.1) is 0 Å². The van der Waals surface area contributed by atoms with E-state index in [1.54, 1.807) is 0 Å². The number of aromatic nitrogens is 2. The molecule has 1 N–H and O–H groups in total. The molecule has 21 heavy (non-hydrogen) atoms. The highest BCUT2D eigenvalue weighted by Crippen LogP contribution is 2.38. The Hall–Kier alpha value is -1.72. The highest BCUT2D eigenvalue weighted by atomic mass is 16.5. The third kappa shape index (κ3) is 2.47. The summed E-state index contributed by atoms with van der Waals surface area (Å²) in [4.78, 5) is 6.81. The zero-order chi connectivity index (χ0) is 14.2. The lowest BCUT2D eigenvalue weighted by Crippen LogP contribution is -2.24. The first-order valence-corrected chi connectivity index (χ1v) is 7.58. The molecule has 1 saturated carbocycles. The molecule has 1 aromatic carbocycles. The van der Waals surface area contributed by atoms with Gasteiger partial charge in [0.15, 0.2) is 5.82 Å². The zero-order valence-corrected chi connectivity index (χ0v) is 11.9. The van der Waals surface area contributed by atoms with Gasteiger partial charge in [0.2, 0.25) is 0 Å². The molecule has 3 unspecified atom stereocenters. The van der Waals surface area contributed by atoms with E-state index in [9.17, 15) is 5.11 Å². The molecule has 110 valence electrons. The maximum absolute atomic E-state index is 9.96. The molecular formula is C16H19N3O2. The molecule has 1 aliphatic heterocycles. The van der Waals surface area contributed by atoms with E-state index in [4.69, 9.17) is 4.52 Å². The van der Waals surface area contributed by atoms with Crippen LogP contribution in [0.1, 0.15) is 18.7 Å². The second-order valence-corrected chi connectivity index (χ2v) is 6.14. The van der Waals surface area contributed by atoms with Crippen LogP contribution in [0.4, 0.5) is 0 Å². The summed E-state index contributed by atoms with van der Waals surface area (Å²) >= 11 is 0. The number of likely N-dealkylation sites (tertiary alicyclic amines) is 1. The lowest BCUT2D eigenvalue weighted by Gasteiger charge is -2.15. The molecule has 3 atom stereocenters. The van der Waals surface area contributed by atoms with E-state index in [2.05, 4.69) is 15.0 Å². The maximum atomic E-state index is 9.96. The average molecular weight is 285 g/mol. The number of hydrogen-bond acceptors (Lipinski definition) is 5. The van der Waals surface area contributed by atoms with E-state index >= 15 is 0 Å². The van der Waals surface area contributed by atoms with Crippen molar-refractivity contribution in [3.05, 3.63) is 36.2 Å². The Morgan fingerprint density at radius 3 is 2.86 bits per heavy atom. The van der Waals surface area contributed by atoms with Gasteiger partial charge in [0, 0.05) is 24.6 Å². The second-order valence-electron chi connectivity index (χ2n) is 6.14. The summed E-state index contributed by atoms with van der Waals surface area (Å²) in [7, 11) is 0. The van der Waals surface area contributed by atoms with Gasteiger partial charge in [-0.1, -0.05) is 23.4 Å². The topological polar surface area (TPSA) is 62.4 Å². The molecule has 1 aliphatic carbocycles. The smallest absolute Gasteiger partial charge is 0.257 e. The van der Waals surface area contributed by atoms with E-state index in [-0.39, 0.29) is 6.10 Å². The Morgan fingerprint density at radius 2 is 2.05 bits per heavy atom. The van der Waals surface area contributed by atoms with Crippen molar-refractivity contribution in [1.82, 2.24) is 15.0 Å². The first-order chi connectivity index (χ1) is 10.3. The third-order valence-electron chi connectivity index (χ3n) is 4.75. The number of nitrogens with zero attached hydrogens (tertiary/aromatic N) is 3. The highest BCUT2D eigenvalue weighted by molar-refractivity contribution is 5.51. The largest absolute Gasteiger partial charge is 0.393 e. The van der Waals surface area contributed by atoms with Gasteiger partial charge in [0.1, 0.15) is 0 Å². The molecule has 2 aromatic rings. The average Bonchev–Trinajstić information content (AvgIpc) is 3.19. The minimum Gasteiger partial charge on any atom is -0.393 e. The van der Waals surface area contributed by atoms with Crippen molar-refractivity contribution in [2.45, 2.75) is 25.5 Å². The van der Waals surface area contributed by atoms with E-state index in [1.807, 2.05) is 30.3 Å². The molecule has 5 heteroatoms. The van der Waals surface area contributed by atoms with E-state index < -0.39 is 0 Å². The van der Waals surface area contributed by atoms with Crippen LogP contribution in [0.3, 0.4) is 0 Å². The van der Waals surface area contributed by atoms with Crippen LogP contribution in [-0.2, 0) is 6.54 Å². The molecule has 5 nitrogen and oxygen atoms in total. The first kappa shape index (κ1) is 13.0. The maximum Gasteiger partial charge on any atom is 0.257 e. The molecule has 2 aliphatic rings. The quantitative estimate of drug-likeness (QED) is 0.933. The van der Waals surface area contributed by atoms with Gasteiger partial charge >= 0.3 is 0 Å². The van der Waals surface area contributed by atoms with Gasteiger partial charge in [-0.2, -0.15) is 4.98 Å². The van der Waals surface area contributed by atoms with Crippen molar-refractivity contribution >= 4 is 0 Å². The summed E-state index contributed by atoms with van der Waals surface area (Å²) in [5.41, 5.74) is 0.949. The number of aliphatic hydroxyl groups is 1. The normalized spacial score (nSPS) is 28.9. The van der Waals surface area contributed by atoms with Crippen LogP contribution in [0.15, 0.2) is 34.9 Å². The van der Waals surface area contributed by atoms with Crippen molar-refractivity contribution in [2.75, 3.05) is 13.1 Å². The number of rotatable bonds is 3. The fourth-order valence-corrected chi connectivity index (χ4v) is 3.67. The molecule has 2 heterocycles. The molecular weight excluding hydrogens is 266 g/mol. The summed E-state index contributed by atoms with van der Waals surface area (Å²) in [6.45, 7) is 2.69. The van der Waals surface area contributed by atoms with E-state index in [1.165, 1.54) is 0 Å². The number of hydrogen-bond donors (Lipinski definition) is 1. The van der Waals surface area contributed by atoms with Gasteiger partial charge in [-0.25, -0.2) is 0 Å². The van der Waals surface area contributed by atoms with Crippen molar-refractivity contribution in [3.63, 3.8) is 0 Å². The molecule has 4 rings (SSSR count). The standard InChI is InChI=1S/C16H19N3O2/c20-14-7-6-12-8-19(9-13(12)14)10-15-17-16(21-18-15)11-4-2-1-3-5-11/h1-5,12-14,20H,6-10H2. The predicted molar refractivity (Wildman–Crippen MR) is 77.2 cm³/mol. The van der Waals surface area contributed by atoms with Crippen LogP contribution in [0.25, 0.3) is 11.5 Å². The van der Waals surface area contributed by atoms with Crippen molar-refractivity contribution in [2.24, 2.45) is 11.8 Å². The molecule has 0 amide bonds.